The molecular weight excluding hydrogens is 296 g/mol. The molecule has 6 nitrogen and oxygen atoms in total. The smallest absolute Gasteiger partial charge is 0.311 e. The number of methoxy groups -OCH3 is 2. The fourth-order valence-electron chi connectivity index (χ4n) is 2.12. The number of ether oxygens (including phenoxy) is 2. The summed E-state index contributed by atoms with van der Waals surface area (Å²) in [5.41, 5.74) is 1.34. The van der Waals surface area contributed by atoms with Gasteiger partial charge in [0.1, 0.15) is 5.75 Å². The summed E-state index contributed by atoms with van der Waals surface area (Å²) in [5, 5.41) is 20.5. The Labute approximate surface area is 133 Å². The maximum atomic E-state index is 11.2. The summed E-state index contributed by atoms with van der Waals surface area (Å²) in [6.07, 6.45) is 1.56. The number of nitriles is 1. The number of benzene rings is 2. The molecule has 0 atom stereocenters. The lowest BCUT2D eigenvalue weighted by atomic mass is 10.0. The van der Waals surface area contributed by atoms with Gasteiger partial charge in [-0.15, -0.1) is 0 Å². The molecule has 0 aliphatic rings. The Bertz CT molecular complexity index is 792. The first-order valence-electron chi connectivity index (χ1n) is 6.68. The van der Waals surface area contributed by atoms with E-state index in [2.05, 4.69) is 6.07 Å². The van der Waals surface area contributed by atoms with Crippen LogP contribution in [0.2, 0.25) is 0 Å². The molecule has 23 heavy (non-hydrogen) atoms. The molecular formula is C17H14N2O4. The van der Waals surface area contributed by atoms with Gasteiger partial charge in [-0.1, -0.05) is 30.3 Å². The summed E-state index contributed by atoms with van der Waals surface area (Å²) in [6, 6.07) is 13.9. The molecule has 0 heterocycles. The number of nitro benzene ring substituents is 1. The van der Waals surface area contributed by atoms with Crippen LogP contribution in [0, 0.1) is 21.4 Å². The minimum atomic E-state index is -0.538. The fraction of sp³-hybridized carbons (Fsp3) is 0.118. The van der Waals surface area contributed by atoms with Crippen LogP contribution in [0.1, 0.15) is 11.1 Å². The molecule has 0 aliphatic heterocycles. The Morgan fingerprint density at radius 3 is 2.35 bits per heavy atom. The van der Waals surface area contributed by atoms with Crippen molar-refractivity contribution >= 4 is 17.3 Å². The number of nitrogens with zero attached hydrogens (tertiary/aromatic N) is 2. The summed E-state index contributed by atoms with van der Waals surface area (Å²) in [7, 11) is 2.80. The van der Waals surface area contributed by atoms with Gasteiger partial charge >= 0.3 is 5.69 Å². The maximum absolute atomic E-state index is 11.2. The van der Waals surface area contributed by atoms with E-state index in [9.17, 15) is 15.4 Å². The van der Waals surface area contributed by atoms with Gasteiger partial charge in [0.2, 0.25) is 5.75 Å². The number of hydrogen-bond acceptors (Lipinski definition) is 5. The first kappa shape index (κ1) is 16.0. The van der Waals surface area contributed by atoms with Crippen LogP contribution < -0.4 is 9.47 Å². The molecule has 0 N–H and O–H groups in total. The van der Waals surface area contributed by atoms with Crippen molar-refractivity contribution in [3.63, 3.8) is 0 Å². The average Bonchev–Trinajstić information content (AvgIpc) is 2.59. The molecule has 2 rings (SSSR count). The third-order valence-corrected chi connectivity index (χ3v) is 3.23. The van der Waals surface area contributed by atoms with Gasteiger partial charge in [0, 0.05) is 17.7 Å². The minimum Gasteiger partial charge on any atom is -0.496 e. The molecule has 116 valence electrons. The highest BCUT2D eigenvalue weighted by Crippen LogP contribution is 2.36. The fourth-order valence-corrected chi connectivity index (χ4v) is 2.12. The van der Waals surface area contributed by atoms with Crippen molar-refractivity contribution in [2.24, 2.45) is 0 Å². The molecule has 0 aliphatic carbocycles. The van der Waals surface area contributed by atoms with Crippen LogP contribution in [-0.2, 0) is 0 Å². The van der Waals surface area contributed by atoms with E-state index < -0.39 is 4.92 Å². The van der Waals surface area contributed by atoms with Crippen LogP contribution in [0.4, 0.5) is 5.69 Å². The predicted octanol–water partition coefficient (Wildman–Crippen LogP) is 3.68. The second kappa shape index (κ2) is 7.09. The highest BCUT2D eigenvalue weighted by molar-refractivity contribution is 5.91. The first-order chi connectivity index (χ1) is 11.1. The summed E-state index contributed by atoms with van der Waals surface area (Å²) >= 11 is 0. The highest BCUT2D eigenvalue weighted by atomic mass is 16.6. The van der Waals surface area contributed by atoms with E-state index in [1.165, 1.54) is 26.4 Å². The molecule has 0 unspecified atom stereocenters. The topological polar surface area (TPSA) is 85.4 Å². The summed E-state index contributed by atoms with van der Waals surface area (Å²) in [5.74, 6) is 0.485. The predicted molar refractivity (Wildman–Crippen MR) is 86.1 cm³/mol. The third-order valence-electron chi connectivity index (χ3n) is 3.23. The highest BCUT2D eigenvalue weighted by Gasteiger charge is 2.19. The molecule has 2 aromatic rings. The number of rotatable bonds is 5. The normalized spacial score (nSPS) is 10.7. The summed E-state index contributed by atoms with van der Waals surface area (Å²) in [6.45, 7) is 0. The first-order valence-corrected chi connectivity index (χ1v) is 6.68. The van der Waals surface area contributed by atoms with Crippen LogP contribution in [-0.4, -0.2) is 19.1 Å². The number of allylic oxidation sites excluding steroid dienone is 1. The molecule has 0 aromatic heterocycles. The summed E-state index contributed by atoms with van der Waals surface area (Å²) in [4.78, 5) is 10.6. The molecule has 0 radical (unpaired) electrons. The van der Waals surface area contributed by atoms with Crippen molar-refractivity contribution in [2.45, 2.75) is 0 Å². The van der Waals surface area contributed by atoms with Gasteiger partial charge in [0.05, 0.1) is 30.8 Å². The number of nitro groups is 1. The van der Waals surface area contributed by atoms with Crippen LogP contribution >= 0.6 is 0 Å². The van der Waals surface area contributed by atoms with Crippen LogP contribution in [0.3, 0.4) is 0 Å². The standard InChI is InChI=1S/C17H14N2O4/c1-22-16-10-17(23-2)15(19(20)21)9-13(16)8-14(11-18)12-6-4-3-5-7-12/h3-10H,1-2H3/b14-8-. The van der Waals surface area contributed by atoms with E-state index in [4.69, 9.17) is 9.47 Å². The van der Waals surface area contributed by atoms with Gasteiger partial charge in [-0.2, -0.15) is 5.26 Å². The zero-order valence-electron chi connectivity index (χ0n) is 12.6. The Morgan fingerprint density at radius 2 is 1.83 bits per heavy atom. The SMILES string of the molecule is COc1cc(OC)c([N+](=O)[O-])cc1/C=C(/C#N)c1ccccc1. The van der Waals surface area contributed by atoms with Gasteiger partial charge < -0.3 is 9.47 Å². The van der Waals surface area contributed by atoms with Crippen molar-refractivity contribution in [3.8, 4) is 17.6 Å². The Kier molecular flexibility index (Phi) is 4.95. The van der Waals surface area contributed by atoms with Crippen molar-refractivity contribution in [1.29, 1.82) is 5.26 Å². The zero-order valence-corrected chi connectivity index (χ0v) is 12.6. The minimum absolute atomic E-state index is 0.0993. The van der Waals surface area contributed by atoms with Crippen LogP contribution in [0.15, 0.2) is 42.5 Å². The lowest BCUT2D eigenvalue weighted by Crippen LogP contribution is -1.97. The quantitative estimate of drug-likeness (QED) is 0.364. The zero-order chi connectivity index (χ0) is 16.8. The molecule has 2 aromatic carbocycles. The third kappa shape index (κ3) is 3.47. The lowest BCUT2D eigenvalue weighted by Gasteiger charge is -2.09. The summed E-state index contributed by atoms with van der Waals surface area (Å²) < 4.78 is 10.3. The van der Waals surface area contributed by atoms with Crippen molar-refractivity contribution < 1.29 is 14.4 Å². The largest absolute Gasteiger partial charge is 0.496 e. The maximum Gasteiger partial charge on any atom is 0.311 e. The van der Waals surface area contributed by atoms with E-state index in [1.54, 1.807) is 18.2 Å². The Balaban J connectivity index is 2.62. The monoisotopic (exact) mass is 310 g/mol. The Hall–Kier alpha value is -3.33. The molecule has 0 bridgehead atoms. The Morgan fingerprint density at radius 1 is 1.17 bits per heavy atom. The number of hydrogen-bond donors (Lipinski definition) is 0. The molecule has 0 saturated heterocycles. The van der Waals surface area contributed by atoms with E-state index in [-0.39, 0.29) is 11.4 Å². The second-order valence-electron chi connectivity index (χ2n) is 4.56. The van der Waals surface area contributed by atoms with E-state index in [0.717, 1.165) is 5.56 Å². The van der Waals surface area contributed by atoms with Crippen LogP contribution in [0.5, 0.6) is 11.5 Å². The average molecular weight is 310 g/mol. The van der Waals surface area contributed by atoms with Gasteiger partial charge in [-0.25, -0.2) is 0 Å². The van der Waals surface area contributed by atoms with E-state index in [1.807, 2.05) is 18.2 Å². The molecule has 6 heteroatoms. The van der Waals surface area contributed by atoms with E-state index >= 15 is 0 Å². The van der Waals surface area contributed by atoms with E-state index in [0.29, 0.717) is 16.9 Å². The van der Waals surface area contributed by atoms with Gasteiger partial charge in [0.15, 0.2) is 0 Å². The molecule has 0 spiro atoms. The van der Waals surface area contributed by atoms with Gasteiger partial charge in [0.25, 0.3) is 0 Å². The van der Waals surface area contributed by atoms with Crippen molar-refractivity contribution in [1.82, 2.24) is 0 Å². The van der Waals surface area contributed by atoms with Crippen LogP contribution in [0.25, 0.3) is 11.6 Å². The molecule has 0 saturated carbocycles. The second-order valence-corrected chi connectivity index (χ2v) is 4.56. The molecule has 0 amide bonds. The van der Waals surface area contributed by atoms with Crippen molar-refractivity contribution in [3.05, 3.63) is 63.7 Å². The van der Waals surface area contributed by atoms with Gasteiger partial charge in [-0.3, -0.25) is 10.1 Å². The molecule has 0 fully saturated rings. The lowest BCUT2D eigenvalue weighted by molar-refractivity contribution is -0.385. The van der Waals surface area contributed by atoms with Crippen molar-refractivity contribution in [2.75, 3.05) is 14.2 Å². The van der Waals surface area contributed by atoms with Gasteiger partial charge in [-0.05, 0) is 11.6 Å².